The van der Waals surface area contributed by atoms with Crippen LogP contribution in [0.1, 0.15) is 39.0 Å². The highest BCUT2D eigenvalue weighted by Gasteiger charge is 2.55. The largest absolute Gasteiger partial charge is 0.462 e. The summed E-state index contributed by atoms with van der Waals surface area (Å²) < 4.78 is 11.3. The first kappa shape index (κ1) is 15.6. The van der Waals surface area contributed by atoms with Crippen molar-refractivity contribution in [1.29, 1.82) is 0 Å². The summed E-state index contributed by atoms with van der Waals surface area (Å²) in [6, 6.07) is 0. The van der Waals surface area contributed by atoms with Crippen LogP contribution in [-0.2, 0) is 14.3 Å². The minimum Gasteiger partial charge on any atom is -0.462 e. The van der Waals surface area contributed by atoms with Gasteiger partial charge in [-0.1, -0.05) is 19.1 Å². The van der Waals surface area contributed by atoms with Gasteiger partial charge in [0.2, 0.25) is 0 Å². The first-order valence-corrected chi connectivity index (χ1v) is 9.25. The van der Waals surface area contributed by atoms with Crippen LogP contribution < -0.4 is 0 Å². The molecule has 5 atom stereocenters. The van der Waals surface area contributed by atoms with Gasteiger partial charge in [-0.3, -0.25) is 9.69 Å². The Hall–Kier alpha value is -0.870. The predicted molar refractivity (Wildman–Crippen MR) is 87.9 cm³/mol. The Morgan fingerprint density at radius 2 is 2.13 bits per heavy atom. The molecule has 0 aromatic heterocycles. The van der Waals surface area contributed by atoms with Crippen molar-refractivity contribution in [3.05, 3.63) is 12.2 Å². The van der Waals surface area contributed by atoms with Gasteiger partial charge in [-0.15, -0.1) is 0 Å². The zero-order chi connectivity index (χ0) is 16.0. The second kappa shape index (κ2) is 5.89. The van der Waals surface area contributed by atoms with Gasteiger partial charge in [0, 0.05) is 25.6 Å². The Morgan fingerprint density at radius 1 is 1.35 bits per heavy atom. The standard InChI is InChI=1S/C19H29NO3/c1-13-4-3-5-19(2)11-17-14(10-16(13)19)15(18(21)23-17)12-20-6-8-22-9-7-20/h14-17H,1,3-12H2,2H3/t14-,15-,16+,17-,19-/m1/s1. The van der Waals surface area contributed by atoms with Crippen molar-refractivity contribution < 1.29 is 14.3 Å². The quantitative estimate of drug-likeness (QED) is 0.579. The maximum Gasteiger partial charge on any atom is 0.310 e. The van der Waals surface area contributed by atoms with Crippen LogP contribution in [0.5, 0.6) is 0 Å². The number of ether oxygens (including phenoxy) is 2. The van der Waals surface area contributed by atoms with Crippen LogP contribution in [-0.4, -0.2) is 49.8 Å². The average Bonchev–Trinajstić information content (AvgIpc) is 2.81. The molecule has 2 aliphatic heterocycles. The second-order valence-corrected chi connectivity index (χ2v) is 8.32. The van der Waals surface area contributed by atoms with E-state index in [1.165, 1.54) is 24.8 Å². The van der Waals surface area contributed by atoms with E-state index in [-0.39, 0.29) is 18.0 Å². The lowest BCUT2D eigenvalue weighted by Crippen LogP contribution is -2.46. The molecular formula is C19H29NO3. The van der Waals surface area contributed by atoms with Crippen molar-refractivity contribution in [2.75, 3.05) is 32.8 Å². The van der Waals surface area contributed by atoms with Crippen LogP contribution in [0.15, 0.2) is 12.2 Å². The molecule has 4 aliphatic rings. The zero-order valence-electron chi connectivity index (χ0n) is 14.3. The first-order valence-electron chi connectivity index (χ1n) is 9.25. The number of esters is 1. The van der Waals surface area contributed by atoms with Crippen LogP contribution in [0.25, 0.3) is 0 Å². The number of hydrogen-bond acceptors (Lipinski definition) is 4. The molecule has 4 nitrogen and oxygen atoms in total. The van der Waals surface area contributed by atoms with E-state index in [0.29, 0.717) is 17.3 Å². The maximum absolute atomic E-state index is 12.5. The molecule has 0 aromatic rings. The molecule has 4 fully saturated rings. The van der Waals surface area contributed by atoms with Crippen molar-refractivity contribution in [3.63, 3.8) is 0 Å². The minimum absolute atomic E-state index is 0.0411. The molecule has 0 bridgehead atoms. The summed E-state index contributed by atoms with van der Waals surface area (Å²) in [5, 5.41) is 0. The maximum atomic E-state index is 12.5. The van der Waals surface area contributed by atoms with Gasteiger partial charge in [-0.05, 0) is 43.4 Å². The molecule has 4 heteroatoms. The van der Waals surface area contributed by atoms with Crippen molar-refractivity contribution in [3.8, 4) is 0 Å². The van der Waals surface area contributed by atoms with Crippen LogP contribution >= 0.6 is 0 Å². The lowest BCUT2D eigenvalue weighted by Gasteiger charge is -2.50. The van der Waals surface area contributed by atoms with Crippen molar-refractivity contribution in [2.24, 2.45) is 23.2 Å². The lowest BCUT2D eigenvalue weighted by atomic mass is 9.55. The molecule has 2 saturated carbocycles. The number of nitrogens with zero attached hydrogens (tertiary/aromatic N) is 1. The van der Waals surface area contributed by atoms with Gasteiger partial charge in [0.25, 0.3) is 0 Å². The molecule has 0 unspecified atom stereocenters. The monoisotopic (exact) mass is 319 g/mol. The number of carbonyl (C=O) groups excluding carboxylic acids is 1. The van der Waals surface area contributed by atoms with E-state index in [2.05, 4.69) is 18.4 Å². The summed E-state index contributed by atoms with van der Waals surface area (Å²) in [4.78, 5) is 14.9. The third-order valence-electron chi connectivity index (χ3n) is 6.88. The Labute approximate surface area is 139 Å². The summed E-state index contributed by atoms with van der Waals surface area (Å²) in [6.07, 6.45) is 5.94. The molecule has 0 spiro atoms. The molecule has 4 rings (SSSR count). The van der Waals surface area contributed by atoms with E-state index >= 15 is 0 Å². The summed E-state index contributed by atoms with van der Waals surface area (Å²) >= 11 is 0. The van der Waals surface area contributed by atoms with E-state index in [0.717, 1.165) is 45.7 Å². The van der Waals surface area contributed by atoms with Gasteiger partial charge in [0.05, 0.1) is 19.1 Å². The number of morpholine rings is 1. The Bertz CT molecular complexity index is 499. The molecule has 2 saturated heterocycles. The number of carbonyl (C=O) groups is 1. The van der Waals surface area contributed by atoms with Crippen LogP contribution in [0, 0.1) is 23.2 Å². The highest BCUT2D eigenvalue weighted by molar-refractivity contribution is 5.75. The predicted octanol–water partition coefficient (Wildman–Crippen LogP) is 2.63. The van der Waals surface area contributed by atoms with Crippen LogP contribution in [0.2, 0.25) is 0 Å². The normalized spacial score (nSPS) is 44.6. The van der Waals surface area contributed by atoms with E-state index in [1.54, 1.807) is 0 Å². The third-order valence-corrected chi connectivity index (χ3v) is 6.88. The lowest BCUT2D eigenvalue weighted by molar-refractivity contribution is -0.146. The number of rotatable bonds is 2. The average molecular weight is 319 g/mol. The number of fused-ring (bicyclic) bond motifs is 2. The van der Waals surface area contributed by atoms with E-state index in [9.17, 15) is 4.79 Å². The topological polar surface area (TPSA) is 38.8 Å². The van der Waals surface area contributed by atoms with E-state index in [1.807, 2.05) is 0 Å². The van der Waals surface area contributed by atoms with E-state index < -0.39 is 0 Å². The summed E-state index contributed by atoms with van der Waals surface area (Å²) in [5.41, 5.74) is 1.71. The van der Waals surface area contributed by atoms with Crippen LogP contribution in [0.3, 0.4) is 0 Å². The van der Waals surface area contributed by atoms with Gasteiger partial charge in [-0.2, -0.15) is 0 Å². The zero-order valence-corrected chi connectivity index (χ0v) is 14.3. The second-order valence-electron chi connectivity index (χ2n) is 8.32. The van der Waals surface area contributed by atoms with Gasteiger partial charge < -0.3 is 9.47 Å². The van der Waals surface area contributed by atoms with Gasteiger partial charge in [0.1, 0.15) is 6.10 Å². The fourth-order valence-electron chi connectivity index (χ4n) is 5.53. The third kappa shape index (κ3) is 2.74. The fraction of sp³-hybridized carbons (Fsp3) is 0.842. The van der Waals surface area contributed by atoms with Crippen molar-refractivity contribution in [2.45, 2.75) is 45.1 Å². The molecule has 2 heterocycles. The highest BCUT2D eigenvalue weighted by atomic mass is 16.6. The molecule has 2 aliphatic carbocycles. The molecule has 0 aromatic carbocycles. The number of hydrogen-bond donors (Lipinski definition) is 0. The van der Waals surface area contributed by atoms with Gasteiger partial charge in [-0.25, -0.2) is 0 Å². The molecule has 0 N–H and O–H groups in total. The van der Waals surface area contributed by atoms with Crippen LogP contribution in [0.4, 0.5) is 0 Å². The summed E-state index contributed by atoms with van der Waals surface area (Å²) in [7, 11) is 0. The Kier molecular flexibility index (Phi) is 4.01. The molecule has 128 valence electrons. The van der Waals surface area contributed by atoms with Gasteiger partial charge >= 0.3 is 5.97 Å². The highest BCUT2D eigenvalue weighted by Crippen LogP contribution is 2.56. The van der Waals surface area contributed by atoms with Crippen molar-refractivity contribution >= 4 is 5.97 Å². The fourth-order valence-corrected chi connectivity index (χ4v) is 5.53. The first-order chi connectivity index (χ1) is 11.1. The van der Waals surface area contributed by atoms with Crippen molar-refractivity contribution in [1.82, 2.24) is 4.90 Å². The van der Waals surface area contributed by atoms with E-state index in [4.69, 9.17) is 9.47 Å². The molecule has 0 amide bonds. The molecular weight excluding hydrogens is 290 g/mol. The SMILES string of the molecule is C=C1CCC[C@]2(C)C[C@H]3OC(=O)[C@H](CN4CCOCC4)[C@H]3C[C@@H]12. The smallest absolute Gasteiger partial charge is 0.310 e. The minimum atomic E-state index is 0.0411. The van der Waals surface area contributed by atoms with Gasteiger partial charge in [0.15, 0.2) is 0 Å². The Balaban J connectivity index is 1.50. The molecule has 0 radical (unpaired) electrons. The molecule has 23 heavy (non-hydrogen) atoms. The Morgan fingerprint density at radius 3 is 2.91 bits per heavy atom. The summed E-state index contributed by atoms with van der Waals surface area (Å²) in [6.45, 7) is 11.1. The summed E-state index contributed by atoms with van der Waals surface area (Å²) in [5.74, 6) is 1.06. The number of allylic oxidation sites excluding steroid dienone is 1.